The van der Waals surface area contributed by atoms with Crippen LogP contribution in [0.2, 0.25) is 0 Å². The monoisotopic (exact) mass is 328 g/mol. The number of amides is 1. The molecule has 0 saturated heterocycles. The summed E-state index contributed by atoms with van der Waals surface area (Å²) in [6.45, 7) is 6.18. The molecular formula is C18H20N2O4. The number of carbonyl (C=O) groups is 1. The van der Waals surface area contributed by atoms with E-state index in [9.17, 15) is 14.9 Å². The van der Waals surface area contributed by atoms with Gasteiger partial charge >= 0.3 is 0 Å². The van der Waals surface area contributed by atoms with Crippen LogP contribution < -0.4 is 10.1 Å². The fourth-order valence-electron chi connectivity index (χ4n) is 2.13. The van der Waals surface area contributed by atoms with Gasteiger partial charge in [0.1, 0.15) is 16.9 Å². The third kappa shape index (κ3) is 4.81. The van der Waals surface area contributed by atoms with Gasteiger partial charge in [-0.25, -0.2) is 0 Å². The van der Waals surface area contributed by atoms with E-state index in [0.29, 0.717) is 0 Å². The maximum Gasteiger partial charge on any atom is 0.282 e. The first-order valence-electron chi connectivity index (χ1n) is 7.56. The van der Waals surface area contributed by atoms with Crippen LogP contribution in [0.1, 0.15) is 36.7 Å². The first kappa shape index (κ1) is 17.5. The maximum atomic E-state index is 12.2. The Morgan fingerprint density at radius 3 is 2.33 bits per heavy atom. The Bertz CT molecular complexity index is 733. The molecule has 6 heteroatoms. The third-order valence-corrected chi connectivity index (χ3v) is 3.15. The lowest BCUT2D eigenvalue weighted by Gasteiger charge is -2.21. The molecule has 0 heterocycles. The van der Waals surface area contributed by atoms with Crippen molar-refractivity contribution in [1.29, 1.82) is 0 Å². The van der Waals surface area contributed by atoms with Crippen molar-refractivity contribution in [3.05, 3.63) is 69.8 Å². The largest absolute Gasteiger partial charge is 0.488 e. The summed E-state index contributed by atoms with van der Waals surface area (Å²) in [5, 5.41) is 13.7. The molecule has 0 fully saturated rings. The molecule has 2 rings (SSSR count). The Morgan fingerprint density at radius 2 is 1.75 bits per heavy atom. The van der Waals surface area contributed by atoms with Crippen molar-refractivity contribution >= 4 is 11.6 Å². The highest BCUT2D eigenvalue weighted by Crippen LogP contribution is 2.19. The number of nitrogens with zero attached hydrogens (tertiary/aromatic N) is 1. The molecule has 0 spiro atoms. The Hall–Kier alpha value is -2.89. The quantitative estimate of drug-likeness (QED) is 0.670. The second-order valence-corrected chi connectivity index (χ2v) is 6.32. The van der Waals surface area contributed by atoms with Crippen molar-refractivity contribution in [2.24, 2.45) is 0 Å². The zero-order valence-electron chi connectivity index (χ0n) is 13.9. The molecule has 0 radical (unpaired) electrons. The molecule has 0 aliphatic carbocycles. The fraction of sp³-hybridized carbons (Fsp3) is 0.278. The first-order chi connectivity index (χ1) is 11.3. The molecular weight excluding hydrogens is 308 g/mol. The molecule has 0 atom stereocenters. The van der Waals surface area contributed by atoms with Gasteiger partial charge in [0.05, 0.1) is 4.92 Å². The lowest BCUT2D eigenvalue weighted by Crippen LogP contribution is -2.24. The van der Waals surface area contributed by atoms with Crippen LogP contribution in [0.3, 0.4) is 0 Å². The third-order valence-electron chi connectivity index (χ3n) is 3.15. The first-order valence-corrected chi connectivity index (χ1v) is 7.56. The number of benzene rings is 2. The van der Waals surface area contributed by atoms with Crippen molar-refractivity contribution in [3.8, 4) is 5.75 Å². The summed E-state index contributed by atoms with van der Waals surface area (Å²) in [6, 6.07) is 13.2. The smallest absolute Gasteiger partial charge is 0.282 e. The van der Waals surface area contributed by atoms with Crippen molar-refractivity contribution in [2.45, 2.75) is 32.9 Å². The highest BCUT2D eigenvalue weighted by atomic mass is 16.6. The Kier molecular flexibility index (Phi) is 5.18. The number of nitrogens with one attached hydrogen (secondary N) is 1. The van der Waals surface area contributed by atoms with Crippen LogP contribution in [-0.2, 0) is 6.54 Å². The van der Waals surface area contributed by atoms with Crippen LogP contribution in [0, 0.1) is 10.1 Å². The summed E-state index contributed by atoms with van der Waals surface area (Å²) < 4.78 is 5.73. The zero-order valence-corrected chi connectivity index (χ0v) is 13.9. The SMILES string of the molecule is CC(C)(C)Oc1ccc(CNC(=O)c2ccccc2[N+](=O)[O-])cc1. The Morgan fingerprint density at radius 1 is 1.12 bits per heavy atom. The number of carbonyl (C=O) groups excluding carboxylic acids is 1. The minimum Gasteiger partial charge on any atom is -0.488 e. The van der Waals surface area contributed by atoms with Gasteiger partial charge in [-0.05, 0) is 44.5 Å². The van der Waals surface area contributed by atoms with Crippen LogP contribution in [-0.4, -0.2) is 16.4 Å². The molecule has 0 saturated carbocycles. The average Bonchev–Trinajstić information content (AvgIpc) is 2.52. The molecule has 0 unspecified atom stereocenters. The maximum absolute atomic E-state index is 12.2. The van der Waals surface area contributed by atoms with Crippen molar-refractivity contribution in [3.63, 3.8) is 0 Å². The van der Waals surface area contributed by atoms with E-state index in [1.807, 2.05) is 45.0 Å². The summed E-state index contributed by atoms with van der Waals surface area (Å²) in [6.07, 6.45) is 0. The summed E-state index contributed by atoms with van der Waals surface area (Å²) in [7, 11) is 0. The molecule has 1 amide bonds. The predicted octanol–water partition coefficient (Wildman–Crippen LogP) is 3.70. The number of ether oxygens (including phenoxy) is 1. The molecule has 6 nitrogen and oxygen atoms in total. The van der Waals surface area contributed by atoms with Gasteiger partial charge in [0.25, 0.3) is 11.6 Å². The van der Waals surface area contributed by atoms with Gasteiger partial charge in [0, 0.05) is 12.6 Å². The molecule has 0 aliphatic rings. The highest BCUT2D eigenvalue weighted by Gasteiger charge is 2.18. The lowest BCUT2D eigenvalue weighted by atomic mass is 10.1. The standard InChI is InChI=1S/C18H20N2O4/c1-18(2,3)24-14-10-8-13(9-11-14)12-19-17(21)15-6-4-5-7-16(15)20(22)23/h4-11H,12H2,1-3H3,(H,19,21). The van der Waals surface area contributed by atoms with E-state index in [0.717, 1.165) is 11.3 Å². The molecule has 0 bridgehead atoms. The van der Waals surface area contributed by atoms with Crippen molar-refractivity contribution in [2.75, 3.05) is 0 Å². The summed E-state index contributed by atoms with van der Waals surface area (Å²) in [4.78, 5) is 22.6. The van der Waals surface area contributed by atoms with E-state index in [1.54, 1.807) is 6.07 Å². The van der Waals surface area contributed by atoms with Gasteiger partial charge in [0.15, 0.2) is 0 Å². The second kappa shape index (κ2) is 7.12. The van der Waals surface area contributed by atoms with E-state index in [-0.39, 0.29) is 23.4 Å². The number of hydrogen-bond acceptors (Lipinski definition) is 4. The van der Waals surface area contributed by atoms with Crippen LogP contribution in [0.5, 0.6) is 5.75 Å². The highest BCUT2D eigenvalue weighted by molar-refractivity contribution is 5.98. The average molecular weight is 328 g/mol. The van der Waals surface area contributed by atoms with E-state index in [1.165, 1.54) is 18.2 Å². The van der Waals surface area contributed by atoms with Gasteiger partial charge < -0.3 is 10.1 Å². The summed E-state index contributed by atoms with van der Waals surface area (Å²) in [5.74, 6) is 0.272. The molecule has 1 N–H and O–H groups in total. The number of para-hydroxylation sites is 1. The Labute approximate surface area is 140 Å². The topological polar surface area (TPSA) is 81.5 Å². The molecule has 24 heavy (non-hydrogen) atoms. The van der Waals surface area contributed by atoms with E-state index < -0.39 is 10.8 Å². The Balaban J connectivity index is 2.01. The lowest BCUT2D eigenvalue weighted by molar-refractivity contribution is -0.385. The van der Waals surface area contributed by atoms with Gasteiger partial charge in [-0.1, -0.05) is 24.3 Å². The molecule has 126 valence electrons. The van der Waals surface area contributed by atoms with Gasteiger partial charge in [-0.15, -0.1) is 0 Å². The number of nitro groups is 1. The zero-order chi connectivity index (χ0) is 17.7. The fourth-order valence-corrected chi connectivity index (χ4v) is 2.13. The summed E-state index contributed by atoms with van der Waals surface area (Å²) in [5.41, 5.74) is 0.449. The van der Waals surface area contributed by atoms with E-state index in [2.05, 4.69) is 5.32 Å². The van der Waals surface area contributed by atoms with E-state index >= 15 is 0 Å². The van der Waals surface area contributed by atoms with E-state index in [4.69, 9.17) is 4.74 Å². The van der Waals surface area contributed by atoms with Crippen LogP contribution in [0.15, 0.2) is 48.5 Å². The van der Waals surface area contributed by atoms with Crippen LogP contribution >= 0.6 is 0 Å². The normalized spacial score (nSPS) is 11.0. The minimum absolute atomic E-state index is 0.0511. The number of hydrogen-bond donors (Lipinski definition) is 1. The predicted molar refractivity (Wildman–Crippen MR) is 91.1 cm³/mol. The van der Waals surface area contributed by atoms with Gasteiger partial charge in [-0.2, -0.15) is 0 Å². The number of rotatable bonds is 5. The van der Waals surface area contributed by atoms with Crippen molar-refractivity contribution in [1.82, 2.24) is 5.32 Å². The van der Waals surface area contributed by atoms with Gasteiger partial charge in [-0.3, -0.25) is 14.9 Å². The second-order valence-electron chi connectivity index (χ2n) is 6.32. The molecule has 0 aliphatic heterocycles. The molecule has 2 aromatic carbocycles. The number of nitro benzene ring substituents is 1. The van der Waals surface area contributed by atoms with Crippen LogP contribution in [0.4, 0.5) is 5.69 Å². The molecule has 0 aromatic heterocycles. The summed E-state index contributed by atoms with van der Waals surface area (Å²) >= 11 is 0. The van der Waals surface area contributed by atoms with Gasteiger partial charge in [0.2, 0.25) is 0 Å². The van der Waals surface area contributed by atoms with Crippen molar-refractivity contribution < 1.29 is 14.5 Å². The van der Waals surface area contributed by atoms with Crippen LogP contribution in [0.25, 0.3) is 0 Å². The molecule has 2 aromatic rings. The minimum atomic E-state index is -0.562.